The molecule has 5 heteroatoms. The molecular weight excluding hydrogens is 372 g/mol. The van der Waals surface area contributed by atoms with Crippen LogP contribution in [0.2, 0.25) is 0 Å². The molecule has 0 radical (unpaired) electrons. The summed E-state index contributed by atoms with van der Waals surface area (Å²) in [6, 6.07) is 0. The molecule has 4 atom stereocenters. The Morgan fingerprint density at radius 3 is 1.45 bits per heavy atom. The highest BCUT2D eigenvalue weighted by molar-refractivity contribution is 6.28. The summed E-state index contributed by atoms with van der Waals surface area (Å²) >= 11 is 0. The van der Waals surface area contributed by atoms with Crippen LogP contribution in [0, 0.1) is 23.7 Å². The molecule has 4 aliphatic rings. The number of fused-ring (bicyclic) bond motifs is 2. The van der Waals surface area contributed by atoms with Gasteiger partial charge in [0.1, 0.15) is 0 Å². The predicted molar refractivity (Wildman–Crippen MR) is 131 cm³/mol. The third-order valence-electron chi connectivity index (χ3n) is 7.16. The van der Waals surface area contributed by atoms with Crippen molar-refractivity contribution in [3.05, 3.63) is 25.3 Å². The third-order valence-corrected chi connectivity index (χ3v) is 8.23. The van der Waals surface area contributed by atoms with Crippen molar-refractivity contribution in [2.24, 2.45) is 23.7 Å². The molecule has 0 aromatic heterocycles. The molecule has 4 unspecified atom stereocenters. The largest absolute Gasteiger partial charge is 0.327 e. The van der Waals surface area contributed by atoms with Gasteiger partial charge in [0.2, 0.25) is 0 Å². The number of hydrogen-bond donors (Lipinski definition) is 4. The standard InChI is InChI=1S/2C9H17N.C6H14N2Si/c2*1-2-4-9-7-10-6-5-8(9)3-1;1-3-5-7-9-8-6-4-2/h2*8-10H,1-7H2;3-4,7-8H,1-2,5-6,9H2. The first kappa shape index (κ1) is 24.8. The summed E-state index contributed by atoms with van der Waals surface area (Å²) < 4.78 is 0. The highest BCUT2D eigenvalue weighted by Crippen LogP contribution is 2.34. The summed E-state index contributed by atoms with van der Waals surface area (Å²) in [5, 5.41) is 6.97. The van der Waals surface area contributed by atoms with Crippen LogP contribution in [0.5, 0.6) is 0 Å². The predicted octanol–water partition coefficient (Wildman–Crippen LogP) is 3.11. The van der Waals surface area contributed by atoms with Crippen LogP contribution in [-0.4, -0.2) is 49.1 Å². The van der Waals surface area contributed by atoms with Gasteiger partial charge in [-0.3, -0.25) is 0 Å². The molecule has 4 N–H and O–H groups in total. The maximum atomic E-state index is 3.59. The Hall–Kier alpha value is -0.463. The molecule has 0 spiro atoms. The molecule has 0 aromatic carbocycles. The molecule has 2 heterocycles. The molecule has 0 aromatic rings. The van der Waals surface area contributed by atoms with E-state index >= 15 is 0 Å². The highest BCUT2D eigenvalue weighted by atomic mass is 28.2. The second-order valence-corrected chi connectivity index (χ2v) is 10.6. The molecule has 2 saturated carbocycles. The summed E-state index contributed by atoms with van der Waals surface area (Å²) in [4.78, 5) is 6.46. The second-order valence-electron chi connectivity index (χ2n) is 9.26. The fraction of sp³-hybridized carbons (Fsp3) is 0.833. The minimum absolute atomic E-state index is 0.253. The quantitative estimate of drug-likeness (QED) is 0.303. The Bertz CT molecular complexity index is 341. The van der Waals surface area contributed by atoms with Gasteiger partial charge in [0.25, 0.3) is 0 Å². The lowest BCUT2D eigenvalue weighted by atomic mass is 9.76. The van der Waals surface area contributed by atoms with Crippen LogP contribution in [0.1, 0.15) is 64.2 Å². The van der Waals surface area contributed by atoms with E-state index in [1.165, 1.54) is 90.4 Å². The monoisotopic (exact) mass is 420 g/mol. The summed E-state index contributed by atoms with van der Waals surface area (Å²) in [5.74, 6) is 4.27. The van der Waals surface area contributed by atoms with Gasteiger partial charge in [0.15, 0.2) is 9.84 Å². The lowest BCUT2D eigenvalue weighted by molar-refractivity contribution is 0.185. The average molecular weight is 421 g/mol. The Kier molecular flexibility index (Phi) is 13.9. The number of hydrogen-bond acceptors (Lipinski definition) is 4. The Balaban J connectivity index is 0.000000156. The zero-order chi connectivity index (χ0) is 20.6. The van der Waals surface area contributed by atoms with E-state index in [1.54, 1.807) is 0 Å². The summed E-state index contributed by atoms with van der Waals surface area (Å²) in [5.41, 5.74) is 0. The lowest BCUT2D eigenvalue weighted by Crippen LogP contribution is -2.38. The summed E-state index contributed by atoms with van der Waals surface area (Å²) in [6.45, 7) is 14.2. The van der Waals surface area contributed by atoms with E-state index in [4.69, 9.17) is 0 Å². The fourth-order valence-electron chi connectivity index (χ4n) is 5.45. The topological polar surface area (TPSA) is 48.1 Å². The van der Waals surface area contributed by atoms with E-state index in [9.17, 15) is 0 Å². The van der Waals surface area contributed by atoms with Gasteiger partial charge in [-0.05, 0) is 75.5 Å². The van der Waals surface area contributed by atoms with E-state index in [-0.39, 0.29) is 9.84 Å². The van der Waals surface area contributed by atoms with Crippen molar-refractivity contribution in [1.82, 2.24) is 20.6 Å². The Morgan fingerprint density at radius 2 is 1.07 bits per heavy atom. The second kappa shape index (κ2) is 16.3. The molecule has 4 fully saturated rings. The molecule has 29 heavy (non-hydrogen) atoms. The van der Waals surface area contributed by atoms with Crippen LogP contribution in [-0.2, 0) is 0 Å². The van der Waals surface area contributed by atoms with Crippen LogP contribution in [0.4, 0.5) is 0 Å². The van der Waals surface area contributed by atoms with E-state index < -0.39 is 0 Å². The van der Waals surface area contributed by atoms with Crippen LogP contribution < -0.4 is 20.6 Å². The third kappa shape index (κ3) is 10.4. The first-order valence-corrected chi connectivity index (χ1v) is 13.8. The van der Waals surface area contributed by atoms with E-state index in [0.29, 0.717) is 0 Å². The van der Waals surface area contributed by atoms with Crippen molar-refractivity contribution in [2.45, 2.75) is 64.2 Å². The van der Waals surface area contributed by atoms with E-state index in [2.05, 4.69) is 33.8 Å². The average Bonchev–Trinajstić information content (AvgIpc) is 2.80. The van der Waals surface area contributed by atoms with Gasteiger partial charge in [0, 0.05) is 13.1 Å². The zero-order valence-electron chi connectivity index (χ0n) is 18.9. The van der Waals surface area contributed by atoms with Crippen molar-refractivity contribution in [3.63, 3.8) is 0 Å². The molecule has 0 amide bonds. The van der Waals surface area contributed by atoms with Gasteiger partial charge >= 0.3 is 0 Å². The van der Waals surface area contributed by atoms with Crippen LogP contribution in [0.3, 0.4) is 0 Å². The van der Waals surface area contributed by atoms with Gasteiger partial charge in [-0.15, -0.1) is 13.2 Å². The smallest absolute Gasteiger partial charge is 0.168 e. The molecular formula is C24H48N4Si. The number of nitrogens with one attached hydrogen (secondary N) is 4. The minimum atomic E-state index is -0.253. The van der Waals surface area contributed by atoms with Gasteiger partial charge in [-0.1, -0.05) is 50.7 Å². The van der Waals surface area contributed by atoms with Crippen molar-refractivity contribution in [2.75, 3.05) is 39.3 Å². The van der Waals surface area contributed by atoms with Crippen molar-refractivity contribution < 1.29 is 0 Å². The number of rotatable bonds is 6. The first-order chi connectivity index (χ1) is 14.3. The maximum Gasteiger partial charge on any atom is 0.168 e. The molecule has 0 bridgehead atoms. The normalized spacial score (nSPS) is 30.9. The van der Waals surface area contributed by atoms with Crippen molar-refractivity contribution in [1.29, 1.82) is 0 Å². The van der Waals surface area contributed by atoms with Crippen LogP contribution in [0.25, 0.3) is 0 Å². The van der Waals surface area contributed by atoms with Crippen molar-refractivity contribution in [3.8, 4) is 0 Å². The molecule has 2 saturated heterocycles. The molecule has 4 rings (SSSR count). The summed E-state index contributed by atoms with van der Waals surface area (Å²) in [7, 11) is -0.253. The summed E-state index contributed by atoms with van der Waals surface area (Å²) in [6.07, 6.45) is 18.6. The minimum Gasteiger partial charge on any atom is -0.327 e. The molecule has 2 aliphatic heterocycles. The van der Waals surface area contributed by atoms with Gasteiger partial charge < -0.3 is 20.6 Å². The molecule has 2 aliphatic carbocycles. The van der Waals surface area contributed by atoms with Gasteiger partial charge in [0.05, 0.1) is 0 Å². The molecule has 168 valence electrons. The van der Waals surface area contributed by atoms with Gasteiger partial charge in [-0.2, -0.15) is 0 Å². The van der Waals surface area contributed by atoms with Gasteiger partial charge in [-0.25, -0.2) is 0 Å². The first-order valence-electron chi connectivity index (χ1n) is 12.4. The fourth-order valence-corrected chi connectivity index (χ4v) is 6.33. The maximum absolute atomic E-state index is 3.59. The van der Waals surface area contributed by atoms with Crippen LogP contribution >= 0.6 is 0 Å². The number of piperidine rings is 2. The lowest BCUT2D eigenvalue weighted by Gasteiger charge is -2.35. The van der Waals surface area contributed by atoms with E-state index in [0.717, 1.165) is 36.8 Å². The Morgan fingerprint density at radius 1 is 0.655 bits per heavy atom. The van der Waals surface area contributed by atoms with Crippen LogP contribution in [0.15, 0.2) is 25.3 Å². The Labute approximate surface area is 183 Å². The highest BCUT2D eigenvalue weighted by Gasteiger charge is 2.27. The zero-order valence-corrected chi connectivity index (χ0v) is 20.3. The molecule has 4 nitrogen and oxygen atoms in total. The van der Waals surface area contributed by atoms with E-state index in [1.807, 2.05) is 12.2 Å². The van der Waals surface area contributed by atoms with Crippen molar-refractivity contribution >= 4 is 9.84 Å². The SMILES string of the molecule is C1CCC2CNCCC2C1.C1CCC2CNCCC2C1.C=CCN[SiH2]NCC=C.